The molecular formula is C45H44N4O5S. The van der Waals surface area contributed by atoms with Crippen LogP contribution >= 0.6 is 0 Å². The maximum absolute atomic E-state index is 15.0. The Morgan fingerprint density at radius 2 is 1.20 bits per heavy atom. The van der Waals surface area contributed by atoms with Crippen LogP contribution in [0.4, 0.5) is 22.7 Å². The summed E-state index contributed by atoms with van der Waals surface area (Å²) in [7, 11) is -5.09. The van der Waals surface area contributed by atoms with Crippen molar-refractivity contribution in [3.63, 3.8) is 0 Å². The zero-order chi connectivity index (χ0) is 38.2. The van der Waals surface area contributed by atoms with E-state index in [1.807, 2.05) is 109 Å². The van der Waals surface area contributed by atoms with Crippen molar-refractivity contribution in [2.75, 3.05) is 9.80 Å². The lowest BCUT2D eigenvalue weighted by molar-refractivity contribution is 0.394. The average Bonchev–Trinajstić information content (AvgIpc) is 3.21. The fourth-order valence-electron chi connectivity index (χ4n) is 7.93. The summed E-state index contributed by atoms with van der Waals surface area (Å²) < 4.78 is 55.3. The molecule has 1 atom stereocenters. The van der Waals surface area contributed by atoms with Gasteiger partial charge in [-0.15, -0.1) is 0 Å². The molecule has 8 rings (SSSR count). The van der Waals surface area contributed by atoms with Crippen LogP contribution in [0.2, 0.25) is 0 Å². The Bertz CT molecular complexity index is 2490. The molecule has 6 aromatic rings. The van der Waals surface area contributed by atoms with E-state index < -0.39 is 15.1 Å². The maximum atomic E-state index is 15.0. The molecule has 0 fully saturated rings. The van der Waals surface area contributed by atoms with E-state index in [0.717, 1.165) is 55.5 Å². The van der Waals surface area contributed by atoms with E-state index >= 15 is 0 Å². The summed E-state index contributed by atoms with van der Waals surface area (Å²) in [5.41, 5.74) is 6.56. The third kappa shape index (κ3) is 6.19. The number of anilines is 4. The minimum Gasteiger partial charge on any atom is -0.453 e. The van der Waals surface area contributed by atoms with Crippen molar-refractivity contribution >= 4 is 32.9 Å². The van der Waals surface area contributed by atoms with Crippen molar-refractivity contribution in [2.45, 2.75) is 70.7 Å². The Hall–Kier alpha value is -5.71. The van der Waals surface area contributed by atoms with Gasteiger partial charge < -0.3 is 9.47 Å². The number of aryl methyl sites for hydroxylation is 2. The summed E-state index contributed by atoms with van der Waals surface area (Å²) in [5, 5.41) is 0. The van der Waals surface area contributed by atoms with Gasteiger partial charge in [0, 0.05) is 29.4 Å². The van der Waals surface area contributed by atoms with Gasteiger partial charge in [-0.3, -0.25) is 24.3 Å². The third-order valence-electron chi connectivity index (χ3n) is 10.5. The number of fused-ring (bicyclic) bond motifs is 4. The first-order valence-corrected chi connectivity index (χ1v) is 20.5. The topological polar surface area (TPSA) is 105 Å². The molecule has 10 heteroatoms. The van der Waals surface area contributed by atoms with Gasteiger partial charge in [0.25, 0.3) is 4.99 Å². The van der Waals surface area contributed by atoms with E-state index in [4.69, 9.17) is 19.4 Å². The fourth-order valence-corrected chi connectivity index (χ4v) is 9.14. The number of hydrogen-bond donors (Lipinski definition) is 1. The number of aromatic nitrogens is 2. The van der Waals surface area contributed by atoms with Crippen LogP contribution in [-0.2, 0) is 23.0 Å². The zero-order valence-electron chi connectivity index (χ0n) is 31.3. The molecule has 4 aromatic carbocycles. The first-order chi connectivity index (χ1) is 26.8. The van der Waals surface area contributed by atoms with Gasteiger partial charge in [0.1, 0.15) is 0 Å². The third-order valence-corrected chi connectivity index (χ3v) is 12.0. The number of hydrogen-bond acceptors (Lipinski definition) is 8. The molecule has 0 saturated heterocycles. The van der Waals surface area contributed by atoms with Crippen LogP contribution in [0.1, 0.15) is 64.1 Å². The molecule has 0 radical (unpaired) electrons. The molecule has 0 bridgehead atoms. The van der Waals surface area contributed by atoms with Crippen LogP contribution in [-0.4, -0.2) is 27.9 Å². The van der Waals surface area contributed by atoms with Crippen molar-refractivity contribution in [1.82, 2.24) is 9.97 Å². The van der Waals surface area contributed by atoms with Gasteiger partial charge in [0.2, 0.25) is 0 Å². The highest BCUT2D eigenvalue weighted by molar-refractivity contribution is 7.87. The van der Waals surface area contributed by atoms with E-state index in [9.17, 15) is 13.0 Å². The van der Waals surface area contributed by atoms with Gasteiger partial charge in [-0.25, -0.2) is 0 Å². The smallest absolute Gasteiger partial charge is 0.309 e. The van der Waals surface area contributed by atoms with E-state index in [1.165, 1.54) is 0 Å². The molecule has 55 heavy (non-hydrogen) atoms. The number of benzene rings is 4. The number of rotatable bonds is 12. The highest BCUT2D eigenvalue weighted by atomic mass is 32.2. The monoisotopic (exact) mass is 752 g/mol. The molecule has 9 nitrogen and oxygen atoms in total. The lowest BCUT2D eigenvalue weighted by Crippen LogP contribution is -2.63. The van der Waals surface area contributed by atoms with Crippen molar-refractivity contribution in [2.24, 2.45) is 0 Å². The summed E-state index contributed by atoms with van der Waals surface area (Å²) in [6.07, 6.45) is 7.23. The number of para-hydroxylation sites is 6. The van der Waals surface area contributed by atoms with Crippen LogP contribution in [0.5, 0.6) is 23.0 Å². The highest BCUT2D eigenvalue weighted by Gasteiger charge is 2.58. The number of unbranched alkanes of at least 4 members (excludes halogenated alkanes) is 2. The molecule has 0 aliphatic carbocycles. The van der Waals surface area contributed by atoms with E-state index in [1.54, 1.807) is 22.9 Å². The predicted molar refractivity (Wildman–Crippen MR) is 218 cm³/mol. The molecule has 1 unspecified atom stereocenters. The number of ether oxygens (including phenoxy) is 2. The molecule has 2 aliphatic rings. The van der Waals surface area contributed by atoms with Crippen molar-refractivity contribution in [1.29, 1.82) is 0 Å². The van der Waals surface area contributed by atoms with Crippen LogP contribution < -0.4 is 19.3 Å². The van der Waals surface area contributed by atoms with Crippen LogP contribution in [0.3, 0.4) is 0 Å². The van der Waals surface area contributed by atoms with Gasteiger partial charge >= 0.3 is 10.1 Å². The Kier molecular flexibility index (Phi) is 9.79. The Morgan fingerprint density at radius 1 is 0.636 bits per heavy atom. The second-order valence-corrected chi connectivity index (χ2v) is 15.5. The largest absolute Gasteiger partial charge is 0.453 e. The summed E-state index contributed by atoms with van der Waals surface area (Å²) in [4.78, 5) is 11.3. The normalized spacial score (nSPS) is 14.1. The summed E-state index contributed by atoms with van der Waals surface area (Å²) in [6.45, 7) is 6.08. The van der Waals surface area contributed by atoms with E-state index in [-0.39, 0.29) is 6.42 Å². The Morgan fingerprint density at radius 3 is 1.82 bits per heavy atom. The average molecular weight is 753 g/mol. The SMILES string of the molecule is CCCCc1cccc(-c2cccc3c2N(C(CC)(N2c4ccccc4Oc4cccc(-c5ncccc5CCCC)c42)S(=O)(=O)O)c2ccccc2O3)n1. The highest BCUT2D eigenvalue weighted by Crippen LogP contribution is 2.61. The van der Waals surface area contributed by atoms with E-state index in [0.29, 0.717) is 62.6 Å². The van der Waals surface area contributed by atoms with Gasteiger partial charge in [-0.2, -0.15) is 8.42 Å². The second kappa shape index (κ2) is 14.8. The van der Waals surface area contributed by atoms with Crippen molar-refractivity contribution < 1.29 is 22.4 Å². The Labute approximate surface area is 323 Å². The summed E-state index contributed by atoms with van der Waals surface area (Å²) >= 11 is 0. The molecular weight excluding hydrogens is 709 g/mol. The van der Waals surface area contributed by atoms with Gasteiger partial charge in [0.15, 0.2) is 23.0 Å². The molecule has 0 amide bonds. The first kappa shape index (κ1) is 36.3. The molecule has 280 valence electrons. The number of pyridine rings is 2. The quantitative estimate of drug-likeness (QED) is 0.122. The Balaban J connectivity index is 1.47. The van der Waals surface area contributed by atoms with E-state index in [2.05, 4.69) is 19.9 Å². The molecule has 0 saturated carbocycles. The van der Waals surface area contributed by atoms with Gasteiger partial charge in [0.05, 0.1) is 34.1 Å². The minimum atomic E-state index is -5.09. The van der Waals surface area contributed by atoms with Crippen LogP contribution in [0.15, 0.2) is 121 Å². The molecule has 2 aliphatic heterocycles. The van der Waals surface area contributed by atoms with Crippen molar-refractivity contribution in [3.8, 4) is 45.5 Å². The van der Waals surface area contributed by atoms with Gasteiger partial charge in [-0.05, 0) is 85.8 Å². The lowest BCUT2D eigenvalue weighted by Gasteiger charge is -2.53. The molecule has 0 spiro atoms. The number of nitrogens with zero attached hydrogens (tertiary/aromatic N) is 4. The van der Waals surface area contributed by atoms with Crippen LogP contribution in [0, 0.1) is 0 Å². The van der Waals surface area contributed by atoms with Gasteiger partial charge in [-0.1, -0.05) is 94.3 Å². The summed E-state index contributed by atoms with van der Waals surface area (Å²) in [6, 6.07) is 35.9. The first-order valence-electron chi connectivity index (χ1n) is 19.1. The second-order valence-electron chi connectivity index (χ2n) is 13.9. The zero-order valence-corrected chi connectivity index (χ0v) is 32.1. The van der Waals surface area contributed by atoms with Crippen molar-refractivity contribution in [3.05, 3.63) is 133 Å². The predicted octanol–water partition coefficient (Wildman–Crippen LogP) is 11.6. The standard InChI is InChI=1S/C45H44N4O5S/c1-4-7-17-31-18-16-30-46-42(31)34-22-15-29-41-44(34)49(37-25-10-12-27-39(37)54-41)45(6-3,55(50,51)52)48-36-24-9-11-26-38(36)53-40-28-14-21-33(43(40)48)35-23-13-20-32(47-35)19-8-5-2/h9-16,18,20-30H,4-8,17,19H2,1-3H3,(H,50,51,52). The molecule has 1 N–H and O–H groups in total. The summed E-state index contributed by atoms with van der Waals surface area (Å²) in [5.74, 6) is 1.76. The minimum absolute atomic E-state index is 0.0923. The molecule has 2 aromatic heterocycles. The maximum Gasteiger partial charge on any atom is 0.309 e. The fraction of sp³-hybridized carbons (Fsp3) is 0.244. The van der Waals surface area contributed by atoms with Crippen LogP contribution in [0.25, 0.3) is 22.5 Å². The molecule has 4 heterocycles. The lowest BCUT2D eigenvalue weighted by atomic mass is 9.96.